The van der Waals surface area contributed by atoms with E-state index in [1.807, 2.05) is 30.3 Å². The van der Waals surface area contributed by atoms with E-state index in [4.69, 9.17) is 21.1 Å². The fourth-order valence-electron chi connectivity index (χ4n) is 3.16. The van der Waals surface area contributed by atoms with Gasteiger partial charge in [0.1, 0.15) is 24.2 Å². The average Bonchev–Trinajstić information content (AvgIpc) is 2.68. The van der Waals surface area contributed by atoms with Crippen molar-refractivity contribution in [3.05, 3.63) is 53.6 Å². The molecule has 0 bridgehead atoms. The average molecular weight is 377 g/mol. The zero-order valence-electron chi connectivity index (χ0n) is 15.0. The maximum atomic E-state index is 10.3. The van der Waals surface area contributed by atoms with Crippen LogP contribution < -0.4 is 14.4 Å². The lowest BCUT2D eigenvalue weighted by atomic mass is 10.2. The second-order valence-corrected chi connectivity index (χ2v) is 6.76. The van der Waals surface area contributed by atoms with Gasteiger partial charge >= 0.3 is 0 Å². The molecular formula is C20H25ClN2O3. The molecule has 1 saturated heterocycles. The van der Waals surface area contributed by atoms with E-state index < -0.39 is 6.10 Å². The smallest absolute Gasteiger partial charge is 0.142 e. The Bertz CT molecular complexity index is 705. The molecule has 0 spiro atoms. The van der Waals surface area contributed by atoms with Gasteiger partial charge in [-0.2, -0.15) is 0 Å². The van der Waals surface area contributed by atoms with Gasteiger partial charge in [0.15, 0.2) is 0 Å². The van der Waals surface area contributed by atoms with E-state index in [0.29, 0.717) is 17.3 Å². The van der Waals surface area contributed by atoms with Crippen LogP contribution in [-0.4, -0.2) is 62.6 Å². The van der Waals surface area contributed by atoms with E-state index in [0.717, 1.165) is 37.6 Å². The van der Waals surface area contributed by atoms with Crippen LogP contribution in [0.15, 0.2) is 48.5 Å². The van der Waals surface area contributed by atoms with Gasteiger partial charge in [-0.3, -0.25) is 4.90 Å². The summed E-state index contributed by atoms with van der Waals surface area (Å²) in [6.07, 6.45) is -0.552. The number of benzene rings is 2. The number of hydrogen-bond donors (Lipinski definition) is 1. The van der Waals surface area contributed by atoms with Gasteiger partial charge in [-0.05, 0) is 24.3 Å². The highest BCUT2D eigenvalue weighted by atomic mass is 35.5. The second kappa shape index (κ2) is 9.12. The molecule has 26 heavy (non-hydrogen) atoms. The number of para-hydroxylation sites is 3. The Kier molecular flexibility index (Phi) is 6.61. The van der Waals surface area contributed by atoms with Crippen molar-refractivity contribution in [1.29, 1.82) is 0 Å². The zero-order valence-corrected chi connectivity index (χ0v) is 15.7. The Labute approximate surface area is 159 Å². The van der Waals surface area contributed by atoms with Crippen LogP contribution in [0.4, 0.5) is 5.69 Å². The second-order valence-electron chi connectivity index (χ2n) is 6.35. The fourth-order valence-corrected chi connectivity index (χ4v) is 3.35. The first-order valence-corrected chi connectivity index (χ1v) is 9.21. The van der Waals surface area contributed by atoms with E-state index in [-0.39, 0.29) is 6.61 Å². The molecule has 5 nitrogen and oxygen atoms in total. The van der Waals surface area contributed by atoms with Crippen molar-refractivity contribution in [3.63, 3.8) is 0 Å². The van der Waals surface area contributed by atoms with Crippen LogP contribution >= 0.6 is 11.6 Å². The highest BCUT2D eigenvalue weighted by molar-refractivity contribution is 6.32. The van der Waals surface area contributed by atoms with Gasteiger partial charge in [-0.1, -0.05) is 35.9 Å². The maximum Gasteiger partial charge on any atom is 0.142 e. The summed E-state index contributed by atoms with van der Waals surface area (Å²) in [5.74, 6) is 1.50. The Morgan fingerprint density at radius 1 is 1.00 bits per heavy atom. The first-order chi connectivity index (χ1) is 12.7. The summed E-state index contributed by atoms with van der Waals surface area (Å²) in [7, 11) is 1.70. The number of anilines is 1. The minimum absolute atomic E-state index is 0.233. The highest BCUT2D eigenvalue weighted by Gasteiger charge is 2.21. The molecular weight excluding hydrogens is 352 g/mol. The summed E-state index contributed by atoms with van der Waals surface area (Å²) in [6, 6.07) is 15.4. The van der Waals surface area contributed by atoms with Crippen molar-refractivity contribution in [2.45, 2.75) is 6.10 Å². The zero-order chi connectivity index (χ0) is 18.4. The molecule has 0 unspecified atom stereocenters. The number of piperazine rings is 1. The molecule has 0 amide bonds. The van der Waals surface area contributed by atoms with Crippen molar-refractivity contribution in [2.24, 2.45) is 0 Å². The monoisotopic (exact) mass is 376 g/mol. The standard InChI is InChI=1S/C20H25ClN2O3/c1-25-20-9-5-3-7-18(20)23-12-10-22(11-13-23)14-16(24)15-26-19-8-4-2-6-17(19)21/h2-9,16,24H,10-15H2,1H3/t16-/m0/s1. The van der Waals surface area contributed by atoms with Crippen LogP contribution in [0.3, 0.4) is 0 Å². The van der Waals surface area contributed by atoms with Gasteiger partial charge in [0.25, 0.3) is 0 Å². The predicted octanol–water partition coefficient (Wildman–Crippen LogP) is 2.91. The largest absolute Gasteiger partial charge is 0.495 e. The molecule has 0 aromatic heterocycles. The van der Waals surface area contributed by atoms with E-state index in [1.165, 1.54) is 0 Å². The minimum Gasteiger partial charge on any atom is -0.495 e. The number of methoxy groups -OCH3 is 1. The normalized spacial score (nSPS) is 16.3. The molecule has 1 N–H and O–H groups in total. The summed E-state index contributed by atoms with van der Waals surface area (Å²) < 4.78 is 11.1. The number of aliphatic hydroxyl groups is 1. The summed E-state index contributed by atoms with van der Waals surface area (Å²) in [4.78, 5) is 4.58. The van der Waals surface area contributed by atoms with Crippen molar-refractivity contribution in [3.8, 4) is 11.5 Å². The highest BCUT2D eigenvalue weighted by Crippen LogP contribution is 2.28. The number of nitrogens with zero attached hydrogens (tertiary/aromatic N) is 2. The summed E-state index contributed by atoms with van der Waals surface area (Å²) in [5, 5.41) is 10.8. The Morgan fingerprint density at radius 2 is 1.65 bits per heavy atom. The molecule has 0 saturated carbocycles. The SMILES string of the molecule is COc1ccccc1N1CCN(C[C@H](O)COc2ccccc2Cl)CC1. The first-order valence-electron chi connectivity index (χ1n) is 8.83. The molecule has 1 atom stereocenters. The number of halogens is 1. The van der Waals surface area contributed by atoms with Crippen LogP contribution in [-0.2, 0) is 0 Å². The molecule has 0 radical (unpaired) electrons. The lowest BCUT2D eigenvalue weighted by Gasteiger charge is -2.37. The summed E-state index contributed by atoms with van der Waals surface area (Å²) in [6.45, 7) is 4.40. The van der Waals surface area contributed by atoms with Crippen molar-refractivity contribution in [2.75, 3.05) is 51.3 Å². The van der Waals surface area contributed by atoms with E-state index >= 15 is 0 Å². The molecule has 1 heterocycles. The molecule has 6 heteroatoms. The van der Waals surface area contributed by atoms with Crippen LogP contribution in [0, 0.1) is 0 Å². The minimum atomic E-state index is -0.552. The molecule has 3 rings (SSSR count). The van der Waals surface area contributed by atoms with Crippen molar-refractivity contribution >= 4 is 17.3 Å². The van der Waals surface area contributed by atoms with Crippen molar-refractivity contribution < 1.29 is 14.6 Å². The first kappa shape index (κ1) is 18.8. The number of ether oxygens (including phenoxy) is 2. The number of β-amino-alcohol motifs (C(OH)–C–C–N with tert-alkyl or cyclic N) is 1. The summed E-state index contributed by atoms with van der Waals surface area (Å²) in [5.41, 5.74) is 1.12. The molecule has 140 valence electrons. The maximum absolute atomic E-state index is 10.3. The molecule has 2 aromatic rings. The van der Waals surface area contributed by atoms with Crippen molar-refractivity contribution in [1.82, 2.24) is 4.90 Å². The van der Waals surface area contributed by atoms with Gasteiger partial charge in [0.05, 0.1) is 17.8 Å². The quantitative estimate of drug-likeness (QED) is 0.805. The summed E-state index contributed by atoms with van der Waals surface area (Å²) >= 11 is 6.07. The van der Waals surface area contributed by atoms with Gasteiger partial charge < -0.3 is 19.5 Å². The van der Waals surface area contributed by atoms with Gasteiger partial charge in [-0.25, -0.2) is 0 Å². The molecule has 1 aliphatic rings. The van der Waals surface area contributed by atoms with E-state index in [2.05, 4.69) is 15.9 Å². The van der Waals surface area contributed by atoms with Gasteiger partial charge in [0.2, 0.25) is 0 Å². The van der Waals surface area contributed by atoms with Gasteiger partial charge in [0, 0.05) is 32.7 Å². The fraction of sp³-hybridized carbons (Fsp3) is 0.400. The van der Waals surface area contributed by atoms with Crippen LogP contribution in [0.5, 0.6) is 11.5 Å². The lowest BCUT2D eigenvalue weighted by molar-refractivity contribution is 0.0663. The molecule has 1 fully saturated rings. The third-order valence-corrected chi connectivity index (χ3v) is 4.85. The Balaban J connectivity index is 1.45. The Hall–Kier alpha value is -1.95. The van der Waals surface area contributed by atoms with E-state index in [9.17, 15) is 5.11 Å². The van der Waals surface area contributed by atoms with Crippen LogP contribution in [0.25, 0.3) is 0 Å². The molecule has 0 aliphatic carbocycles. The third-order valence-electron chi connectivity index (χ3n) is 4.53. The van der Waals surface area contributed by atoms with Crippen LogP contribution in [0.2, 0.25) is 5.02 Å². The molecule has 2 aromatic carbocycles. The number of aliphatic hydroxyl groups excluding tert-OH is 1. The topological polar surface area (TPSA) is 45.2 Å². The predicted molar refractivity (Wildman–Crippen MR) is 105 cm³/mol. The van der Waals surface area contributed by atoms with Crippen LogP contribution in [0.1, 0.15) is 0 Å². The number of rotatable bonds is 7. The lowest BCUT2D eigenvalue weighted by Crippen LogP contribution is -2.49. The van der Waals surface area contributed by atoms with E-state index in [1.54, 1.807) is 19.2 Å². The van der Waals surface area contributed by atoms with Gasteiger partial charge in [-0.15, -0.1) is 0 Å². The Morgan fingerprint density at radius 3 is 2.35 bits per heavy atom. The third kappa shape index (κ3) is 4.81. The number of hydrogen-bond acceptors (Lipinski definition) is 5. The molecule has 1 aliphatic heterocycles.